The van der Waals surface area contributed by atoms with E-state index >= 15 is 0 Å². The Morgan fingerprint density at radius 1 is 1.24 bits per heavy atom. The number of carboxylic acids is 1. The van der Waals surface area contributed by atoms with Crippen molar-refractivity contribution in [2.45, 2.75) is 0 Å². The lowest BCUT2D eigenvalue weighted by Crippen LogP contribution is -2.02. The number of phenolic OH excluding ortho intramolecular Hbond substituents is 2. The van der Waals surface area contributed by atoms with Crippen molar-refractivity contribution in [1.29, 1.82) is 0 Å². The molecular weight excluding hydrogens is 344 g/mol. The van der Waals surface area contributed by atoms with Gasteiger partial charge in [0.25, 0.3) is 0 Å². The molecule has 3 rings (SSSR count). The Hall–Kier alpha value is -3.46. The number of carbonyl (C=O) groups is 1. The number of nitrogens with one attached hydrogen (secondary N) is 1. The van der Waals surface area contributed by atoms with Gasteiger partial charge in [-0.1, -0.05) is 18.2 Å². The maximum atomic E-state index is 11.3. The van der Waals surface area contributed by atoms with Gasteiger partial charge in [0, 0.05) is 5.56 Å². The van der Waals surface area contributed by atoms with Crippen molar-refractivity contribution in [3.8, 4) is 22.9 Å². The third-order valence-corrected chi connectivity index (χ3v) is 3.64. The summed E-state index contributed by atoms with van der Waals surface area (Å²) < 4.78 is 1.37. The van der Waals surface area contributed by atoms with Crippen molar-refractivity contribution in [1.82, 2.24) is 14.9 Å². The fourth-order valence-electron chi connectivity index (χ4n) is 2.20. The van der Waals surface area contributed by atoms with Gasteiger partial charge < -0.3 is 15.3 Å². The quantitative estimate of drug-likeness (QED) is 0.324. The molecule has 2 aromatic carbocycles. The second-order valence-corrected chi connectivity index (χ2v) is 5.39. The molecule has 1 aromatic heterocycles. The van der Waals surface area contributed by atoms with E-state index in [9.17, 15) is 20.1 Å². The van der Waals surface area contributed by atoms with Crippen LogP contribution in [0.2, 0.25) is 0 Å². The van der Waals surface area contributed by atoms with E-state index in [1.807, 2.05) is 0 Å². The van der Waals surface area contributed by atoms with Crippen LogP contribution in [0.1, 0.15) is 15.9 Å². The number of rotatable bonds is 4. The molecule has 0 aliphatic carbocycles. The number of carboxylic acid groups (broad SMARTS) is 1. The number of hydrogen-bond donors (Lipinski definition) is 4. The number of benzene rings is 2. The molecule has 25 heavy (non-hydrogen) atoms. The highest BCUT2D eigenvalue weighted by atomic mass is 32.1. The highest BCUT2D eigenvalue weighted by Gasteiger charge is 2.14. The normalized spacial score (nSPS) is 11.0. The summed E-state index contributed by atoms with van der Waals surface area (Å²) in [4.78, 5) is 11.3. The van der Waals surface area contributed by atoms with Crippen molar-refractivity contribution in [2.75, 3.05) is 0 Å². The van der Waals surface area contributed by atoms with Gasteiger partial charge in [-0.25, -0.2) is 9.89 Å². The monoisotopic (exact) mass is 356 g/mol. The van der Waals surface area contributed by atoms with Crippen LogP contribution in [-0.4, -0.2) is 42.4 Å². The predicted octanol–water partition coefficient (Wildman–Crippen LogP) is 2.60. The molecule has 0 atom stereocenters. The molecule has 0 bridgehead atoms. The van der Waals surface area contributed by atoms with Gasteiger partial charge in [-0.15, -0.1) is 0 Å². The molecule has 8 nitrogen and oxygen atoms in total. The molecule has 4 N–H and O–H groups in total. The van der Waals surface area contributed by atoms with E-state index in [4.69, 9.17) is 12.2 Å². The Bertz CT molecular complexity index is 1040. The zero-order valence-corrected chi connectivity index (χ0v) is 13.4. The molecule has 0 saturated heterocycles. The number of nitrogens with zero attached hydrogens (tertiary/aromatic N) is 3. The molecule has 9 heteroatoms. The fourth-order valence-corrected chi connectivity index (χ4v) is 2.38. The lowest BCUT2D eigenvalue weighted by Gasteiger charge is -2.05. The molecule has 126 valence electrons. The molecule has 0 amide bonds. The van der Waals surface area contributed by atoms with Crippen LogP contribution in [0, 0.1) is 4.77 Å². The summed E-state index contributed by atoms with van der Waals surface area (Å²) in [5.74, 6) is -1.09. The zero-order valence-electron chi connectivity index (χ0n) is 12.6. The van der Waals surface area contributed by atoms with Crippen LogP contribution in [0.25, 0.3) is 11.4 Å². The highest BCUT2D eigenvalue weighted by Crippen LogP contribution is 2.30. The van der Waals surface area contributed by atoms with Gasteiger partial charge in [0.15, 0.2) is 5.82 Å². The lowest BCUT2D eigenvalue weighted by molar-refractivity contribution is 0.0696. The highest BCUT2D eigenvalue weighted by molar-refractivity contribution is 7.71. The first kappa shape index (κ1) is 16.4. The maximum absolute atomic E-state index is 11.3. The van der Waals surface area contributed by atoms with E-state index in [1.54, 1.807) is 18.2 Å². The average molecular weight is 356 g/mol. The number of H-pyrrole nitrogens is 1. The second-order valence-electron chi connectivity index (χ2n) is 5.00. The van der Waals surface area contributed by atoms with Crippen LogP contribution >= 0.6 is 12.2 Å². The predicted molar refractivity (Wildman–Crippen MR) is 92.6 cm³/mol. The summed E-state index contributed by atoms with van der Waals surface area (Å²) in [5, 5.41) is 39.5. The molecule has 0 radical (unpaired) electrons. The largest absolute Gasteiger partial charge is 0.508 e. The van der Waals surface area contributed by atoms with Gasteiger partial charge >= 0.3 is 5.97 Å². The number of hydrogen-bond acceptors (Lipinski definition) is 6. The van der Waals surface area contributed by atoms with Gasteiger partial charge in [0.1, 0.15) is 11.5 Å². The SMILES string of the molecule is O=C(O)c1ccccc1/C=N/n1c(-c2cc(O)ccc2O)n[nH]c1=S. The van der Waals surface area contributed by atoms with Crippen LogP contribution in [0.5, 0.6) is 11.5 Å². The minimum atomic E-state index is -1.08. The number of phenols is 2. The molecule has 0 fully saturated rings. The third kappa shape index (κ3) is 3.26. The van der Waals surface area contributed by atoms with E-state index in [2.05, 4.69) is 15.3 Å². The van der Waals surface area contributed by atoms with E-state index in [1.165, 1.54) is 35.2 Å². The van der Waals surface area contributed by atoms with Gasteiger partial charge in [-0.3, -0.25) is 0 Å². The summed E-state index contributed by atoms with van der Waals surface area (Å²) >= 11 is 5.12. The Kier molecular flexibility index (Phi) is 4.31. The summed E-state index contributed by atoms with van der Waals surface area (Å²) in [6.45, 7) is 0. The van der Waals surface area contributed by atoms with Gasteiger partial charge in [-0.2, -0.15) is 14.9 Å². The van der Waals surface area contributed by atoms with Crippen molar-refractivity contribution >= 4 is 24.4 Å². The topological polar surface area (TPSA) is 124 Å². The first-order valence-corrected chi connectivity index (χ1v) is 7.44. The lowest BCUT2D eigenvalue weighted by atomic mass is 10.1. The zero-order chi connectivity index (χ0) is 18.0. The molecule has 1 heterocycles. The molecule has 0 saturated carbocycles. The first-order valence-electron chi connectivity index (χ1n) is 7.04. The maximum Gasteiger partial charge on any atom is 0.336 e. The summed E-state index contributed by atoms with van der Waals surface area (Å²) in [5.41, 5.74) is 0.684. The van der Waals surface area contributed by atoms with Crippen LogP contribution in [-0.2, 0) is 0 Å². The van der Waals surface area contributed by atoms with Crippen molar-refractivity contribution in [3.63, 3.8) is 0 Å². The van der Waals surface area contributed by atoms with Crippen molar-refractivity contribution < 1.29 is 20.1 Å². The molecule has 0 aliphatic rings. The van der Waals surface area contributed by atoms with Gasteiger partial charge in [0.05, 0.1) is 17.3 Å². The fraction of sp³-hybridized carbons (Fsp3) is 0. The molecule has 0 aliphatic heterocycles. The van der Waals surface area contributed by atoms with E-state index in [-0.39, 0.29) is 33.2 Å². The molecule has 0 unspecified atom stereocenters. The van der Waals surface area contributed by atoms with Crippen molar-refractivity contribution in [2.24, 2.45) is 5.10 Å². The Morgan fingerprint density at radius 3 is 2.76 bits per heavy atom. The van der Waals surface area contributed by atoms with E-state index in [0.717, 1.165) is 0 Å². The Balaban J connectivity index is 2.09. The minimum Gasteiger partial charge on any atom is -0.508 e. The van der Waals surface area contributed by atoms with Crippen LogP contribution in [0.4, 0.5) is 0 Å². The van der Waals surface area contributed by atoms with E-state index < -0.39 is 5.97 Å². The minimum absolute atomic E-state index is 0.0616. The number of aromatic hydroxyl groups is 2. The number of aromatic carboxylic acids is 1. The van der Waals surface area contributed by atoms with Crippen LogP contribution in [0.15, 0.2) is 47.6 Å². The first-order chi connectivity index (χ1) is 12.0. The smallest absolute Gasteiger partial charge is 0.336 e. The Morgan fingerprint density at radius 2 is 2.00 bits per heavy atom. The summed E-state index contributed by atoms with van der Waals surface area (Å²) in [6.07, 6.45) is 1.33. The average Bonchev–Trinajstić information content (AvgIpc) is 2.96. The number of aromatic nitrogens is 3. The summed E-state index contributed by atoms with van der Waals surface area (Å²) in [7, 11) is 0. The molecular formula is C16H12N4O4S. The summed E-state index contributed by atoms with van der Waals surface area (Å²) in [6, 6.07) is 10.3. The van der Waals surface area contributed by atoms with E-state index in [0.29, 0.717) is 5.56 Å². The second kappa shape index (κ2) is 6.57. The van der Waals surface area contributed by atoms with Crippen molar-refractivity contribution in [3.05, 3.63) is 58.4 Å². The van der Waals surface area contributed by atoms with Gasteiger partial charge in [0.2, 0.25) is 4.77 Å². The third-order valence-electron chi connectivity index (χ3n) is 3.37. The standard InChI is InChI=1S/C16H12N4O4S/c21-10-5-6-13(22)12(7-10)14-18-19-16(25)20(14)17-8-9-3-1-2-4-11(9)15(23)24/h1-8,21-22H,(H,19,25)(H,23,24)/b17-8+. The number of aromatic amines is 1. The van der Waals surface area contributed by atoms with Gasteiger partial charge in [-0.05, 0) is 36.5 Å². The molecule has 0 spiro atoms. The van der Waals surface area contributed by atoms with Crippen LogP contribution in [0.3, 0.4) is 0 Å². The Labute approximate surface area is 146 Å². The molecule has 3 aromatic rings. The van der Waals surface area contributed by atoms with Crippen LogP contribution < -0.4 is 0 Å².